The smallest absolute Gasteiger partial charge is 0.262 e. The molecule has 0 radical (unpaired) electrons. The highest BCUT2D eigenvalue weighted by atomic mass is 32.1. The molecule has 3 rings (SSSR count). The van der Waals surface area contributed by atoms with E-state index in [0.29, 0.717) is 23.9 Å². The summed E-state index contributed by atoms with van der Waals surface area (Å²) in [6, 6.07) is 11.6. The number of amides is 1. The van der Waals surface area contributed by atoms with Crippen molar-refractivity contribution in [3.05, 3.63) is 59.1 Å². The lowest BCUT2D eigenvalue weighted by Crippen LogP contribution is -2.15. The first kappa shape index (κ1) is 19.0. The molecule has 1 N–H and O–H groups in total. The average molecular weight is 383 g/mol. The Morgan fingerprint density at radius 1 is 1.19 bits per heavy atom. The van der Waals surface area contributed by atoms with E-state index in [1.165, 1.54) is 16.9 Å². The van der Waals surface area contributed by atoms with Crippen molar-refractivity contribution in [1.82, 2.24) is 9.97 Å². The van der Waals surface area contributed by atoms with Crippen molar-refractivity contribution in [3.8, 4) is 17.1 Å². The molecule has 7 heteroatoms. The first-order valence-corrected chi connectivity index (χ1v) is 9.52. The first-order valence-electron chi connectivity index (χ1n) is 8.64. The van der Waals surface area contributed by atoms with E-state index in [0.717, 1.165) is 17.7 Å². The lowest BCUT2D eigenvalue weighted by Gasteiger charge is -2.09. The maximum atomic E-state index is 12.6. The zero-order chi connectivity index (χ0) is 19.1. The van der Waals surface area contributed by atoms with Gasteiger partial charge in [-0.1, -0.05) is 31.2 Å². The molecule has 0 spiro atoms. The van der Waals surface area contributed by atoms with Gasteiger partial charge in [-0.25, -0.2) is 9.97 Å². The van der Waals surface area contributed by atoms with Gasteiger partial charge in [-0.3, -0.25) is 10.1 Å². The second kappa shape index (κ2) is 9.25. The summed E-state index contributed by atoms with van der Waals surface area (Å²) < 4.78 is 10.5. The third-order valence-corrected chi connectivity index (χ3v) is 4.68. The van der Waals surface area contributed by atoms with Crippen LogP contribution in [0.4, 0.5) is 5.13 Å². The van der Waals surface area contributed by atoms with Crippen molar-refractivity contribution in [3.63, 3.8) is 0 Å². The minimum Gasteiger partial charge on any atom is -0.475 e. The number of pyridine rings is 1. The van der Waals surface area contributed by atoms with Gasteiger partial charge >= 0.3 is 0 Å². The van der Waals surface area contributed by atoms with Crippen LogP contribution in [-0.4, -0.2) is 36.2 Å². The number of aromatic nitrogens is 2. The molecule has 1 amide bonds. The lowest BCUT2D eigenvalue weighted by atomic mass is 10.1. The van der Waals surface area contributed by atoms with Crippen LogP contribution in [0.25, 0.3) is 11.3 Å². The molecule has 3 aromatic rings. The predicted molar refractivity (Wildman–Crippen MR) is 106 cm³/mol. The topological polar surface area (TPSA) is 73.3 Å². The second-order valence-corrected chi connectivity index (χ2v) is 6.60. The molecule has 0 aliphatic heterocycles. The Kier molecular flexibility index (Phi) is 6.51. The van der Waals surface area contributed by atoms with Crippen molar-refractivity contribution < 1.29 is 14.3 Å². The van der Waals surface area contributed by atoms with Gasteiger partial charge < -0.3 is 9.47 Å². The van der Waals surface area contributed by atoms with Gasteiger partial charge in [-0.05, 0) is 24.1 Å². The molecule has 1 aromatic carbocycles. The van der Waals surface area contributed by atoms with Crippen LogP contribution >= 0.6 is 11.3 Å². The van der Waals surface area contributed by atoms with Crippen LogP contribution in [0.3, 0.4) is 0 Å². The number of carbonyl (C=O) groups excluding carboxylic acids is 1. The molecule has 0 unspecified atom stereocenters. The molecule has 0 bridgehead atoms. The summed E-state index contributed by atoms with van der Waals surface area (Å²) in [5.74, 6) is -0.0308. The molecule has 0 atom stereocenters. The molecule has 2 heterocycles. The third kappa shape index (κ3) is 4.90. The molecule has 2 aromatic heterocycles. The highest BCUT2D eigenvalue weighted by Gasteiger charge is 2.15. The Bertz CT molecular complexity index is 893. The molecule has 0 aliphatic carbocycles. The van der Waals surface area contributed by atoms with Crippen LogP contribution in [0.2, 0.25) is 0 Å². The molecule has 0 saturated heterocycles. The number of carbonyl (C=O) groups is 1. The molecule has 0 aliphatic rings. The Morgan fingerprint density at radius 2 is 2.00 bits per heavy atom. The number of benzene rings is 1. The number of nitrogens with one attached hydrogen (secondary N) is 1. The Hall–Kier alpha value is -2.77. The number of hydrogen-bond donors (Lipinski definition) is 1. The van der Waals surface area contributed by atoms with Crippen LogP contribution in [0.1, 0.15) is 22.8 Å². The van der Waals surface area contributed by atoms with Gasteiger partial charge in [0.2, 0.25) is 5.88 Å². The summed E-state index contributed by atoms with van der Waals surface area (Å²) in [5.41, 5.74) is 3.49. The maximum Gasteiger partial charge on any atom is 0.262 e. The van der Waals surface area contributed by atoms with Crippen molar-refractivity contribution in [2.75, 3.05) is 25.6 Å². The maximum absolute atomic E-state index is 12.6. The number of anilines is 1. The van der Waals surface area contributed by atoms with Crippen molar-refractivity contribution in [2.45, 2.75) is 13.3 Å². The SMILES string of the molecule is CCc1ccc(-c2csc(NC(=O)c3cccnc3OCCOC)n2)cc1. The highest BCUT2D eigenvalue weighted by molar-refractivity contribution is 7.14. The third-order valence-electron chi connectivity index (χ3n) is 3.92. The monoisotopic (exact) mass is 383 g/mol. The van der Waals surface area contributed by atoms with Gasteiger partial charge in [0.25, 0.3) is 5.91 Å². The van der Waals surface area contributed by atoms with Crippen LogP contribution in [-0.2, 0) is 11.2 Å². The average Bonchev–Trinajstić information content (AvgIpc) is 3.17. The van der Waals surface area contributed by atoms with Gasteiger partial charge in [0.05, 0.1) is 12.3 Å². The number of hydrogen-bond acceptors (Lipinski definition) is 6. The highest BCUT2D eigenvalue weighted by Crippen LogP contribution is 2.26. The fraction of sp³-hybridized carbons (Fsp3) is 0.250. The molecular weight excluding hydrogens is 362 g/mol. The quantitative estimate of drug-likeness (QED) is 0.594. The second-order valence-electron chi connectivity index (χ2n) is 5.74. The summed E-state index contributed by atoms with van der Waals surface area (Å²) in [5, 5.41) is 5.27. The van der Waals surface area contributed by atoms with Gasteiger partial charge in [0.1, 0.15) is 12.2 Å². The number of methoxy groups -OCH3 is 1. The molecule has 140 valence electrons. The molecule has 0 fully saturated rings. The van der Waals surface area contributed by atoms with Crippen molar-refractivity contribution in [2.24, 2.45) is 0 Å². The van der Waals surface area contributed by atoms with E-state index < -0.39 is 0 Å². The minimum absolute atomic E-state index is 0.277. The van der Waals surface area contributed by atoms with Gasteiger partial charge in [0, 0.05) is 24.3 Å². The normalized spacial score (nSPS) is 10.6. The summed E-state index contributed by atoms with van der Waals surface area (Å²) in [7, 11) is 1.59. The van der Waals surface area contributed by atoms with Crippen LogP contribution in [0.15, 0.2) is 48.0 Å². The van der Waals surface area contributed by atoms with E-state index >= 15 is 0 Å². The Morgan fingerprint density at radius 3 is 2.74 bits per heavy atom. The molecule has 27 heavy (non-hydrogen) atoms. The molecule has 6 nitrogen and oxygen atoms in total. The number of nitrogens with zero attached hydrogens (tertiary/aromatic N) is 2. The van der Waals surface area contributed by atoms with Gasteiger partial charge in [0.15, 0.2) is 5.13 Å². The number of ether oxygens (including phenoxy) is 2. The molecular formula is C20H21N3O3S. The zero-order valence-corrected chi connectivity index (χ0v) is 16.1. The Balaban J connectivity index is 1.71. The fourth-order valence-electron chi connectivity index (χ4n) is 2.44. The van der Waals surface area contributed by atoms with Gasteiger partial charge in [-0.2, -0.15) is 0 Å². The summed E-state index contributed by atoms with van der Waals surface area (Å²) in [4.78, 5) is 21.2. The van der Waals surface area contributed by atoms with Crippen LogP contribution in [0, 0.1) is 0 Å². The van der Waals surface area contributed by atoms with E-state index in [1.807, 2.05) is 17.5 Å². The number of aryl methyl sites for hydroxylation is 1. The van der Waals surface area contributed by atoms with Crippen LogP contribution < -0.4 is 10.1 Å². The number of thiazole rings is 1. The van der Waals surface area contributed by atoms with E-state index in [-0.39, 0.29) is 11.8 Å². The molecule has 0 saturated carbocycles. The van der Waals surface area contributed by atoms with Gasteiger partial charge in [-0.15, -0.1) is 11.3 Å². The van der Waals surface area contributed by atoms with Crippen molar-refractivity contribution in [1.29, 1.82) is 0 Å². The zero-order valence-electron chi connectivity index (χ0n) is 15.3. The predicted octanol–water partition coefficient (Wildman–Crippen LogP) is 4.05. The first-order chi connectivity index (χ1) is 13.2. The number of rotatable bonds is 8. The van der Waals surface area contributed by atoms with E-state index in [1.54, 1.807) is 25.4 Å². The van der Waals surface area contributed by atoms with Crippen molar-refractivity contribution >= 4 is 22.4 Å². The summed E-state index contributed by atoms with van der Waals surface area (Å²) in [6.45, 7) is 2.87. The summed E-state index contributed by atoms with van der Waals surface area (Å²) >= 11 is 1.38. The van der Waals surface area contributed by atoms with E-state index in [4.69, 9.17) is 9.47 Å². The fourth-order valence-corrected chi connectivity index (χ4v) is 3.15. The van der Waals surface area contributed by atoms with E-state index in [2.05, 4.69) is 34.3 Å². The minimum atomic E-state index is -0.308. The van der Waals surface area contributed by atoms with Crippen LogP contribution in [0.5, 0.6) is 5.88 Å². The summed E-state index contributed by atoms with van der Waals surface area (Å²) in [6.07, 6.45) is 2.58. The van der Waals surface area contributed by atoms with E-state index in [9.17, 15) is 4.79 Å². The Labute approximate surface area is 162 Å². The standard InChI is InChI=1S/C20H21N3O3S/c1-3-14-6-8-15(9-7-14)17-13-27-20(22-17)23-18(24)16-5-4-10-21-19(16)26-12-11-25-2/h4-10,13H,3,11-12H2,1-2H3,(H,22,23,24). The largest absolute Gasteiger partial charge is 0.475 e. The lowest BCUT2D eigenvalue weighted by molar-refractivity contribution is 0.101.